The van der Waals surface area contributed by atoms with Gasteiger partial charge in [0.15, 0.2) is 0 Å². The van der Waals surface area contributed by atoms with Crippen LogP contribution < -0.4 is 15.4 Å². The van der Waals surface area contributed by atoms with Crippen LogP contribution in [-0.2, 0) is 9.59 Å². The quantitative estimate of drug-likeness (QED) is 0.838. The molecule has 0 aliphatic carbocycles. The molecule has 0 radical (unpaired) electrons. The van der Waals surface area contributed by atoms with Crippen LogP contribution in [0, 0.1) is 5.82 Å². The zero-order chi connectivity index (χ0) is 15.7. The zero-order valence-corrected chi connectivity index (χ0v) is 11.7. The minimum Gasteiger partial charge on any atom is -0.466 e. The van der Waals surface area contributed by atoms with E-state index in [0.29, 0.717) is 11.4 Å². The SMILES string of the molecule is CC1(C(=O)Nc2ccccc2F)Oc2ccccc2NC1=O. The van der Waals surface area contributed by atoms with Crippen LogP contribution in [0.5, 0.6) is 5.75 Å². The minimum atomic E-state index is -1.78. The predicted molar refractivity (Wildman–Crippen MR) is 79.1 cm³/mol. The van der Waals surface area contributed by atoms with E-state index in [2.05, 4.69) is 10.6 Å². The van der Waals surface area contributed by atoms with Crippen molar-refractivity contribution in [3.8, 4) is 5.75 Å². The monoisotopic (exact) mass is 300 g/mol. The number of nitrogens with one attached hydrogen (secondary N) is 2. The standard InChI is InChI=1S/C16H13FN2O3/c1-16(14(20)18-11-7-3-2-6-10(11)17)15(21)19-12-8-4-5-9-13(12)22-16/h2-9H,1H3,(H,18,20)(H,19,21). The summed E-state index contributed by atoms with van der Waals surface area (Å²) >= 11 is 0. The number of fused-ring (bicyclic) bond motifs is 1. The number of hydrogen-bond acceptors (Lipinski definition) is 3. The normalized spacial score (nSPS) is 19.6. The first kappa shape index (κ1) is 14.1. The summed E-state index contributed by atoms with van der Waals surface area (Å²) in [5.74, 6) is -1.56. The summed E-state index contributed by atoms with van der Waals surface area (Å²) in [7, 11) is 0. The van der Waals surface area contributed by atoms with Gasteiger partial charge in [0.2, 0.25) is 0 Å². The Morgan fingerprint density at radius 3 is 2.64 bits per heavy atom. The zero-order valence-electron chi connectivity index (χ0n) is 11.7. The van der Waals surface area contributed by atoms with Gasteiger partial charge >= 0.3 is 0 Å². The van der Waals surface area contributed by atoms with Gasteiger partial charge in [-0.25, -0.2) is 4.39 Å². The van der Waals surface area contributed by atoms with Crippen LogP contribution in [0.15, 0.2) is 48.5 Å². The van der Waals surface area contributed by atoms with Crippen LogP contribution in [0.3, 0.4) is 0 Å². The molecule has 0 fully saturated rings. The van der Waals surface area contributed by atoms with Gasteiger partial charge in [-0.3, -0.25) is 9.59 Å². The molecule has 112 valence electrons. The maximum Gasteiger partial charge on any atom is 0.278 e. The second-order valence-electron chi connectivity index (χ2n) is 5.02. The van der Waals surface area contributed by atoms with Gasteiger partial charge in [-0.2, -0.15) is 0 Å². The van der Waals surface area contributed by atoms with Crippen molar-refractivity contribution in [1.82, 2.24) is 0 Å². The van der Waals surface area contributed by atoms with Crippen LogP contribution >= 0.6 is 0 Å². The van der Waals surface area contributed by atoms with Gasteiger partial charge in [-0.1, -0.05) is 24.3 Å². The molecule has 6 heteroatoms. The van der Waals surface area contributed by atoms with Crippen molar-refractivity contribution in [2.75, 3.05) is 10.6 Å². The van der Waals surface area contributed by atoms with Crippen LogP contribution in [-0.4, -0.2) is 17.4 Å². The molecule has 2 amide bonds. The molecule has 1 unspecified atom stereocenters. The molecule has 1 aliphatic rings. The Morgan fingerprint density at radius 2 is 1.86 bits per heavy atom. The Bertz CT molecular complexity index is 763. The third kappa shape index (κ3) is 2.28. The lowest BCUT2D eigenvalue weighted by Crippen LogP contribution is -2.56. The van der Waals surface area contributed by atoms with E-state index in [9.17, 15) is 14.0 Å². The molecule has 0 aromatic heterocycles. The highest BCUT2D eigenvalue weighted by atomic mass is 19.1. The average Bonchev–Trinajstić information content (AvgIpc) is 2.50. The van der Waals surface area contributed by atoms with E-state index in [-0.39, 0.29) is 5.69 Å². The van der Waals surface area contributed by atoms with E-state index < -0.39 is 23.2 Å². The maximum atomic E-state index is 13.6. The van der Waals surface area contributed by atoms with Crippen molar-refractivity contribution in [2.45, 2.75) is 12.5 Å². The fraction of sp³-hybridized carbons (Fsp3) is 0.125. The maximum absolute atomic E-state index is 13.6. The molecule has 22 heavy (non-hydrogen) atoms. The second-order valence-corrected chi connectivity index (χ2v) is 5.02. The predicted octanol–water partition coefficient (Wildman–Crippen LogP) is 2.55. The van der Waals surface area contributed by atoms with E-state index in [1.807, 2.05) is 0 Å². The summed E-state index contributed by atoms with van der Waals surface area (Å²) in [5.41, 5.74) is -1.30. The fourth-order valence-electron chi connectivity index (χ4n) is 2.12. The summed E-state index contributed by atoms with van der Waals surface area (Å²) in [6.45, 7) is 1.34. The molecule has 1 heterocycles. The number of anilines is 2. The Balaban J connectivity index is 1.89. The topological polar surface area (TPSA) is 67.4 Å². The lowest BCUT2D eigenvalue weighted by Gasteiger charge is -2.33. The highest BCUT2D eigenvalue weighted by Gasteiger charge is 2.47. The molecule has 3 rings (SSSR count). The van der Waals surface area contributed by atoms with E-state index in [0.717, 1.165) is 0 Å². The summed E-state index contributed by atoms with van der Waals surface area (Å²) < 4.78 is 19.2. The number of ether oxygens (including phenoxy) is 1. The molecule has 0 spiro atoms. The van der Waals surface area contributed by atoms with Crippen molar-refractivity contribution in [1.29, 1.82) is 0 Å². The van der Waals surface area contributed by atoms with Gasteiger partial charge in [0.05, 0.1) is 11.4 Å². The summed E-state index contributed by atoms with van der Waals surface area (Å²) in [6.07, 6.45) is 0. The molecule has 2 aromatic rings. The smallest absolute Gasteiger partial charge is 0.278 e. The van der Waals surface area contributed by atoms with Crippen LogP contribution in [0.1, 0.15) is 6.92 Å². The lowest BCUT2D eigenvalue weighted by molar-refractivity contribution is -0.143. The summed E-state index contributed by atoms with van der Waals surface area (Å²) in [5, 5.41) is 5.00. The Kier molecular flexibility index (Phi) is 3.29. The summed E-state index contributed by atoms with van der Waals surface area (Å²) in [6, 6.07) is 12.5. The third-order valence-electron chi connectivity index (χ3n) is 3.44. The van der Waals surface area contributed by atoms with E-state index in [4.69, 9.17) is 4.74 Å². The largest absolute Gasteiger partial charge is 0.466 e. The van der Waals surface area contributed by atoms with Crippen molar-refractivity contribution < 1.29 is 18.7 Å². The molecule has 1 aliphatic heterocycles. The van der Waals surface area contributed by atoms with Gasteiger partial charge in [0.1, 0.15) is 11.6 Å². The highest BCUT2D eigenvalue weighted by molar-refractivity contribution is 6.19. The lowest BCUT2D eigenvalue weighted by atomic mass is 10.0. The number of halogens is 1. The van der Waals surface area contributed by atoms with Gasteiger partial charge in [-0.15, -0.1) is 0 Å². The fourth-order valence-corrected chi connectivity index (χ4v) is 2.12. The molecule has 0 saturated heterocycles. The van der Waals surface area contributed by atoms with Crippen molar-refractivity contribution in [3.63, 3.8) is 0 Å². The second kappa shape index (κ2) is 5.14. The minimum absolute atomic E-state index is 0.0102. The Hall–Kier alpha value is -2.89. The van der Waals surface area contributed by atoms with Gasteiger partial charge < -0.3 is 15.4 Å². The van der Waals surface area contributed by atoms with Crippen molar-refractivity contribution >= 4 is 23.2 Å². The molecule has 2 aromatic carbocycles. The molecular weight excluding hydrogens is 287 g/mol. The molecular formula is C16H13FN2O3. The van der Waals surface area contributed by atoms with Gasteiger partial charge in [0, 0.05) is 0 Å². The highest BCUT2D eigenvalue weighted by Crippen LogP contribution is 2.33. The number of carbonyl (C=O) groups is 2. The van der Waals surface area contributed by atoms with E-state index in [1.54, 1.807) is 30.3 Å². The van der Waals surface area contributed by atoms with Crippen LogP contribution in [0.4, 0.5) is 15.8 Å². The number of hydrogen-bond donors (Lipinski definition) is 2. The molecule has 2 N–H and O–H groups in total. The molecule has 5 nitrogen and oxygen atoms in total. The summed E-state index contributed by atoms with van der Waals surface area (Å²) in [4.78, 5) is 24.6. The first-order chi connectivity index (χ1) is 10.5. The average molecular weight is 300 g/mol. The number of carbonyl (C=O) groups excluding carboxylic acids is 2. The van der Waals surface area contributed by atoms with Gasteiger partial charge in [0.25, 0.3) is 17.4 Å². The van der Waals surface area contributed by atoms with Crippen LogP contribution in [0.25, 0.3) is 0 Å². The number of rotatable bonds is 2. The molecule has 0 bridgehead atoms. The van der Waals surface area contributed by atoms with E-state index >= 15 is 0 Å². The Morgan fingerprint density at radius 1 is 1.18 bits per heavy atom. The number of benzene rings is 2. The van der Waals surface area contributed by atoms with Crippen molar-refractivity contribution in [3.05, 3.63) is 54.3 Å². The molecule has 0 saturated carbocycles. The third-order valence-corrected chi connectivity index (χ3v) is 3.44. The van der Waals surface area contributed by atoms with Crippen molar-refractivity contribution in [2.24, 2.45) is 0 Å². The van der Waals surface area contributed by atoms with E-state index in [1.165, 1.54) is 25.1 Å². The van der Waals surface area contributed by atoms with Crippen LogP contribution in [0.2, 0.25) is 0 Å². The first-order valence-electron chi connectivity index (χ1n) is 6.66. The number of amides is 2. The molecule has 1 atom stereocenters. The Labute approximate surface area is 126 Å². The van der Waals surface area contributed by atoms with Gasteiger partial charge in [-0.05, 0) is 31.2 Å². The number of para-hydroxylation sites is 3. The first-order valence-corrected chi connectivity index (χ1v) is 6.66.